The van der Waals surface area contributed by atoms with Gasteiger partial charge in [-0.3, -0.25) is 14.1 Å². The number of amides is 1. The highest BCUT2D eigenvalue weighted by Gasteiger charge is 2.29. The molecule has 8 nitrogen and oxygen atoms in total. The van der Waals surface area contributed by atoms with Crippen LogP contribution in [0, 0.1) is 0 Å². The maximum atomic E-state index is 12.4. The van der Waals surface area contributed by atoms with Crippen molar-refractivity contribution in [1.29, 1.82) is 0 Å². The second-order valence-corrected chi connectivity index (χ2v) is 7.38. The lowest BCUT2D eigenvalue weighted by atomic mass is 10.0. The molecule has 152 valence electrons. The molecule has 0 radical (unpaired) electrons. The first-order chi connectivity index (χ1) is 11.9. The number of nitrogens with one attached hydrogen (secondary N) is 1. The number of esters is 2. The van der Waals surface area contributed by atoms with E-state index in [1.165, 1.54) is 0 Å². The van der Waals surface area contributed by atoms with E-state index in [4.69, 9.17) is 9.47 Å². The number of carbonyl (C=O) groups excluding carboxylic acids is 3. The Morgan fingerprint density at radius 3 is 2.19 bits per heavy atom. The molecule has 1 unspecified atom stereocenters. The second kappa shape index (κ2) is 11.3. The highest BCUT2D eigenvalue weighted by atomic mass is 16.5. The minimum Gasteiger partial charge on any atom is -0.466 e. The first-order valence-corrected chi connectivity index (χ1v) is 9.07. The number of ether oxygens (including phenoxy) is 2. The van der Waals surface area contributed by atoms with Crippen LogP contribution in [0.5, 0.6) is 0 Å². The van der Waals surface area contributed by atoms with Crippen molar-refractivity contribution in [3.8, 4) is 0 Å². The Balaban J connectivity index is 4.60. The van der Waals surface area contributed by atoms with E-state index in [2.05, 4.69) is 5.32 Å². The predicted octanol–water partition coefficient (Wildman–Crippen LogP) is 0.615. The summed E-state index contributed by atoms with van der Waals surface area (Å²) in [5.41, 5.74) is -0.831. The molecule has 2 N–H and O–H groups in total. The smallest absolute Gasteiger partial charge is 0.323 e. The molecule has 0 bridgehead atoms. The van der Waals surface area contributed by atoms with Crippen LogP contribution in [0.15, 0.2) is 0 Å². The summed E-state index contributed by atoms with van der Waals surface area (Å²) in [6.45, 7) is 7.98. The van der Waals surface area contributed by atoms with Gasteiger partial charge in [-0.1, -0.05) is 0 Å². The Kier molecular flexibility index (Phi) is 10.6. The van der Waals surface area contributed by atoms with Crippen LogP contribution in [0.25, 0.3) is 0 Å². The molecule has 26 heavy (non-hydrogen) atoms. The van der Waals surface area contributed by atoms with E-state index in [0.717, 1.165) is 0 Å². The molecule has 1 amide bonds. The van der Waals surface area contributed by atoms with Gasteiger partial charge in [-0.2, -0.15) is 0 Å². The third kappa shape index (κ3) is 10.5. The average molecular weight is 375 g/mol. The summed E-state index contributed by atoms with van der Waals surface area (Å²) < 4.78 is 9.96. The number of hydrogen-bond donors (Lipinski definition) is 2. The molecule has 0 heterocycles. The molecule has 0 aliphatic heterocycles. The third-order valence-corrected chi connectivity index (χ3v) is 3.93. The zero-order chi connectivity index (χ0) is 20.4. The van der Waals surface area contributed by atoms with Crippen molar-refractivity contribution in [2.75, 3.05) is 40.4 Å². The molecule has 0 aromatic carbocycles. The summed E-state index contributed by atoms with van der Waals surface area (Å²) in [5.74, 6) is -1.06. The molecule has 0 saturated carbocycles. The van der Waals surface area contributed by atoms with Gasteiger partial charge in [0.1, 0.15) is 6.04 Å². The lowest BCUT2D eigenvalue weighted by Gasteiger charge is -2.30. The minimum atomic E-state index is -0.839. The normalized spacial score (nSPS) is 13.2. The Morgan fingerprint density at radius 1 is 1.12 bits per heavy atom. The maximum Gasteiger partial charge on any atom is 0.323 e. The molecule has 1 atom stereocenters. The van der Waals surface area contributed by atoms with Crippen molar-refractivity contribution >= 4 is 17.8 Å². The summed E-state index contributed by atoms with van der Waals surface area (Å²) in [6, 6.07) is -0.839. The lowest BCUT2D eigenvalue weighted by Crippen LogP contribution is -2.49. The molecule has 0 spiro atoms. The van der Waals surface area contributed by atoms with E-state index in [0.29, 0.717) is 13.0 Å². The monoisotopic (exact) mass is 375 g/mol. The highest BCUT2D eigenvalue weighted by Crippen LogP contribution is 2.12. The van der Waals surface area contributed by atoms with Crippen LogP contribution in [0.2, 0.25) is 0 Å². The molecule has 0 aliphatic carbocycles. The van der Waals surface area contributed by atoms with E-state index in [1.54, 1.807) is 41.8 Å². The third-order valence-electron chi connectivity index (χ3n) is 3.93. The fraction of sp³-hybridized carbons (Fsp3) is 0.833. The number of aliphatic hydroxyl groups is 1. The van der Waals surface area contributed by atoms with Gasteiger partial charge in [0, 0.05) is 13.0 Å². The molecule has 0 rings (SSSR count). The van der Waals surface area contributed by atoms with Crippen LogP contribution < -0.4 is 5.32 Å². The summed E-state index contributed by atoms with van der Waals surface area (Å²) in [4.78, 5) is 36.0. The summed E-state index contributed by atoms with van der Waals surface area (Å²) >= 11 is 0. The first kappa shape index (κ1) is 24.5. The lowest BCUT2D eigenvalue weighted by molar-refractivity contribution is -0.815. The van der Waals surface area contributed by atoms with Gasteiger partial charge in [-0.05, 0) is 27.7 Å². The number of quaternary nitrogens is 1. The number of carbonyl (C=O) groups is 3. The second-order valence-electron chi connectivity index (χ2n) is 7.38. The van der Waals surface area contributed by atoms with E-state index >= 15 is 0 Å². The standard InChI is InChI=1S/C18H35N2O6/c1-7-25-16(22)13-14(17(23)26-8-2)19-11-9-15(21)20(5,6)12-10-18(3,4)24/h14,19,24H,7-13H2,1-6H3/q+1. The molecule has 0 fully saturated rings. The number of nitrogens with zero attached hydrogens (tertiary/aromatic N) is 1. The zero-order valence-corrected chi connectivity index (χ0v) is 17.0. The Bertz CT molecular complexity index is 471. The highest BCUT2D eigenvalue weighted by molar-refractivity contribution is 5.82. The average Bonchev–Trinajstić information content (AvgIpc) is 2.51. The maximum absolute atomic E-state index is 12.4. The molecule has 0 saturated heterocycles. The quantitative estimate of drug-likeness (QED) is 0.381. The predicted molar refractivity (Wildman–Crippen MR) is 97.2 cm³/mol. The summed E-state index contributed by atoms with van der Waals surface area (Å²) in [5, 5.41) is 12.7. The van der Waals surface area contributed by atoms with Crippen LogP contribution in [0.3, 0.4) is 0 Å². The van der Waals surface area contributed by atoms with Crippen molar-refractivity contribution in [2.24, 2.45) is 0 Å². The van der Waals surface area contributed by atoms with Gasteiger partial charge >= 0.3 is 17.8 Å². The van der Waals surface area contributed by atoms with Crippen LogP contribution in [-0.2, 0) is 23.9 Å². The summed E-state index contributed by atoms with van der Waals surface area (Å²) in [7, 11) is 3.57. The first-order valence-electron chi connectivity index (χ1n) is 9.07. The molecular weight excluding hydrogens is 340 g/mol. The molecule has 0 aliphatic rings. The van der Waals surface area contributed by atoms with E-state index in [-0.39, 0.29) is 43.0 Å². The topological polar surface area (TPSA) is 102 Å². The Labute approximate surface area is 156 Å². The van der Waals surface area contributed by atoms with Gasteiger partial charge in [0.15, 0.2) is 0 Å². The van der Waals surface area contributed by atoms with Crippen LogP contribution in [-0.4, -0.2) is 79.5 Å². The fourth-order valence-corrected chi connectivity index (χ4v) is 2.20. The van der Waals surface area contributed by atoms with Crippen molar-refractivity contribution < 1.29 is 33.4 Å². The Morgan fingerprint density at radius 2 is 1.69 bits per heavy atom. The SMILES string of the molecule is CCOC(=O)CC(NCCC(=O)[N+](C)(C)CCC(C)(C)O)C(=O)OCC. The Hall–Kier alpha value is -1.51. The minimum absolute atomic E-state index is 0.0273. The van der Waals surface area contributed by atoms with Crippen LogP contribution in [0.1, 0.15) is 47.0 Å². The van der Waals surface area contributed by atoms with Crippen molar-refractivity contribution in [3.05, 3.63) is 0 Å². The van der Waals surface area contributed by atoms with Gasteiger partial charge in [-0.15, -0.1) is 0 Å². The molecule has 8 heteroatoms. The fourth-order valence-electron chi connectivity index (χ4n) is 2.20. The van der Waals surface area contributed by atoms with Gasteiger partial charge in [0.05, 0.1) is 52.3 Å². The van der Waals surface area contributed by atoms with Crippen molar-refractivity contribution in [3.63, 3.8) is 0 Å². The van der Waals surface area contributed by atoms with Gasteiger partial charge in [0.2, 0.25) is 0 Å². The van der Waals surface area contributed by atoms with Gasteiger partial charge < -0.3 is 19.9 Å². The number of hydrogen-bond acceptors (Lipinski definition) is 7. The summed E-state index contributed by atoms with van der Waals surface area (Å²) in [6.07, 6.45) is 0.545. The van der Waals surface area contributed by atoms with Gasteiger partial charge in [0.25, 0.3) is 0 Å². The van der Waals surface area contributed by atoms with Gasteiger partial charge in [-0.25, -0.2) is 4.79 Å². The van der Waals surface area contributed by atoms with Crippen molar-refractivity contribution in [2.45, 2.75) is 58.6 Å². The van der Waals surface area contributed by atoms with Crippen LogP contribution >= 0.6 is 0 Å². The zero-order valence-electron chi connectivity index (χ0n) is 17.0. The largest absolute Gasteiger partial charge is 0.466 e. The molecular formula is C18H35N2O6+. The van der Waals surface area contributed by atoms with E-state index in [9.17, 15) is 19.5 Å². The van der Waals surface area contributed by atoms with E-state index in [1.807, 2.05) is 0 Å². The number of rotatable bonds is 12. The van der Waals surface area contributed by atoms with Crippen LogP contribution in [0.4, 0.5) is 0 Å². The molecule has 0 aromatic rings. The van der Waals surface area contributed by atoms with E-state index < -0.39 is 23.6 Å². The van der Waals surface area contributed by atoms with Crippen molar-refractivity contribution in [1.82, 2.24) is 5.32 Å². The molecule has 0 aromatic heterocycles.